The molecule has 5 nitrogen and oxygen atoms in total. The molecule has 0 aliphatic heterocycles. The van der Waals surface area contributed by atoms with Crippen molar-refractivity contribution >= 4 is 5.78 Å². The number of carbonyl (C=O) groups is 1. The number of nitrogens with zero attached hydrogens (tertiary/aromatic N) is 2. The third-order valence-corrected chi connectivity index (χ3v) is 2.74. The van der Waals surface area contributed by atoms with E-state index in [0.717, 1.165) is 11.0 Å². The van der Waals surface area contributed by atoms with Crippen LogP contribution in [0, 0.1) is 5.41 Å². The number of hydrogen-bond acceptors (Lipinski definition) is 3. The second kappa shape index (κ2) is 5.33. The van der Waals surface area contributed by atoms with Gasteiger partial charge in [0.2, 0.25) is 0 Å². The number of rotatable bonds is 4. The molecule has 0 bridgehead atoms. The molecule has 0 spiro atoms. The Kier molecular flexibility index (Phi) is 4.27. The van der Waals surface area contributed by atoms with E-state index in [-0.39, 0.29) is 12.3 Å². The van der Waals surface area contributed by atoms with Crippen molar-refractivity contribution in [2.75, 3.05) is 0 Å². The van der Waals surface area contributed by atoms with Crippen molar-refractivity contribution in [2.45, 2.75) is 47.2 Å². The van der Waals surface area contributed by atoms with Gasteiger partial charge in [0.05, 0.1) is 6.54 Å². The Morgan fingerprint density at radius 3 is 2.39 bits per heavy atom. The Labute approximate surface area is 106 Å². The van der Waals surface area contributed by atoms with Crippen LogP contribution < -0.4 is 11.2 Å². The molecule has 0 aromatic carbocycles. The van der Waals surface area contributed by atoms with Crippen molar-refractivity contribution in [2.24, 2.45) is 5.41 Å². The fourth-order valence-corrected chi connectivity index (χ4v) is 1.49. The molecule has 0 saturated heterocycles. The van der Waals surface area contributed by atoms with Crippen LogP contribution in [0.3, 0.4) is 0 Å². The van der Waals surface area contributed by atoms with Crippen LogP contribution in [0.1, 0.15) is 34.1 Å². The van der Waals surface area contributed by atoms with Crippen molar-refractivity contribution in [3.05, 3.63) is 33.1 Å². The van der Waals surface area contributed by atoms with Crippen LogP contribution in [-0.4, -0.2) is 14.9 Å². The lowest BCUT2D eigenvalue weighted by Gasteiger charge is -2.17. The highest BCUT2D eigenvalue weighted by Gasteiger charge is 2.22. The molecule has 5 heteroatoms. The Morgan fingerprint density at radius 2 is 1.89 bits per heavy atom. The van der Waals surface area contributed by atoms with E-state index in [4.69, 9.17) is 0 Å². The molecule has 1 aromatic rings. The zero-order valence-corrected chi connectivity index (χ0v) is 11.4. The van der Waals surface area contributed by atoms with Gasteiger partial charge in [0.25, 0.3) is 5.56 Å². The van der Waals surface area contributed by atoms with Gasteiger partial charge in [0, 0.05) is 24.2 Å². The average molecular weight is 252 g/mol. The number of Topliss-reactive ketones (excluding diaryl/α,β-unsaturated/α-hetero) is 1. The predicted molar refractivity (Wildman–Crippen MR) is 69.7 cm³/mol. The first-order valence-electron chi connectivity index (χ1n) is 6.11. The Bertz CT molecular complexity index is 547. The van der Waals surface area contributed by atoms with Crippen molar-refractivity contribution in [1.29, 1.82) is 0 Å². The molecule has 0 aliphatic carbocycles. The van der Waals surface area contributed by atoms with Gasteiger partial charge in [-0.1, -0.05) is 27.7 Å². The standard InChI is InChI=1S/C13H20N2O3/c1-5-7-14-8-6-11(17)15(12(14)18)9-10(16)13(2,3)4/h6,8H,5,7,9H2,1-4H3. The number of aryl methyl sites for hydroxylation is 1. The molecular weight excluding hydrogens is 232 g/mol. The summed E-state index contributed by atoms with van der Waals surface area (Å²) in [6, 6.07) is 1.33. The van der Waals surface area contributed by atoms with Gasteiger partial charge in [-0.2, -0.15) is 0 Å². The van der Waals surface area contributed by atoms with Crippen molar-refractivity contribution in [1.82, 2.24) is 9.13 Å². The number of hydrogen-bond donors (Lipinski definition) is 0. The maximum Gasteiger partial charge on any atom is 0.331 e. The largest absolute Gasteiger partial charge is 0.331 e. The lowest BCUT2D eigenvalue weighted by atomic mass is 9.91. The second-order valence-corrected chi connectivity index (χ2v) is 5.39. The van der Waals surface area contributed by atoms with Crippen LogP contribution in [0.25, 0.3) is 0 Å². The maximum absolute atomic E-state index is 12.0. The van der Waals surface area contributed by atoms with Crippen LogP contribution >= 0.6 is 0 Å². The van der Waals surface area contributed by atoms with E-state index in [9.17, 15) is 14.4 Å². The fraction of sp³-hybridized carbons (Fsp3) is 0.615. The topological polar surface area (TPSA) is 61.1 Å². The lowest BCUT2D eigenvalue weighted by molar-refractivity contribution is -0.127. The molecule has 1 rings (SSSR count). The molecule has 0 radical (unpaired) electrons. The van der Waals surface area contributed by atoms with Gasteiger partial charge in [0.15, 0.2) is 5.78 Å². The fourth-order valence-electron chi connectivity index (χ4n) is 1.49. The van der Waals surface area contributed by atoms with Gasteiger partial charge >= 0.3 is 5.69 Å². The van der Waals surface area contributed by atoms with E-state index in [1.165, 1.54) is 16.8 Å². The van der Waals surface area contributed by atoms with Gasteiger partial charge in [0.1, 0.15) is 0 Å². The van der Waals surface area contributed by atoms with E-state index in [2.05, 4.69) is 0 Å². The van der Waals surface area contributed by atoms with Gasteiger partial charge in [-0.3, -0.25) is 14.2 Å². The summed E-state index contributed by atoms with van der Waals surface area (Å²) in [5, 5.41) is 0. The number of aromatic nitrogens is 2. The number of carbonyl (C=O) groups excluding carboxylic acids is 1. The van der Waals surface area contributed by atoms with Crippen LogP contribution in [0.15, 0.2) is 21.9 Å². The summed E-state index contributed by atoms with van der Waals surface area (Å²) in [7, 11) is 0. The SMILES string of the molecule is CCCn1ccc(=O)n(CC(=O)C(C)(C)C)c1=O. The van der Waals surface area contributed by atoms with E-state index in [1.807, 2.05) is 6.92 Å². The summed E-state index contributed by atoms with van der Waals surface area (Å²) in [5.41, 5.74) is -1.40. The van der Waals surface area contributed by atoms with Crippen LogP contribution in [0.5, 0.6) is 0 Å². The molecule has 0 amide bonds. The van der Waals surface area contributed by atoms with E-state index < -0.39 is 16.7 Å². The zero-order chi connectivity index (χ0) is 13.9. The quantitative estimate of drug-likeness (QED) is 0.804. The Hall–Kier alpha value is -1.65. The molecule has 0 saturated carbocycles. The van der Waals surface area contributed by atoms with E-state index >= 15 is 0 Å². The van der Waals surface area contributed by atoms with Crippen molar-refractivity contribution in [3.8, 4) is 0 Å². The minimum atomic E-state index is -0.558. The lowest BCUT2D eigenvalue weighted by Crippen LogP contribution is -2.42. The summed E-state index contributed by atoms with van der Waals surface area (Å²) >= 11 is 0. The van der Waals surface area contributed by atoms with E-state index in [1.54, 1.807) is 20.8 Å². The van der Waals surface area contributed by atoms with Crippen LogP contribution in [0.4, 0.5) is 0 Å². The van der Waals surface area contributed by atoms with Crippen molar-refractivity contribution in [3.63, 3.8) is 0 Å². The van der Waals surface area contributed by atoms with Gasteiger partial charge in [-0.05, 0) is 6.42 Å². The molecule has 0 N–H and O–H groups in total. The summed E-state index contributed by atoms with van der Waals surface area (Å²) < 4.78 is 2.46. The summed E-state index contributed by atoms with van der Waals surface area (Å²) in [4.78, 5) is 35.6. The minimum absolute atomic E-state index is 0.129. The molecule has 0 fully saturated rings. The summed E-state index contributed by atoms with van der Waals surface area (Å²) in [6.45, 7) is 7.65. The molecule has 0 atom stereocenters. The molecule has 1 heterocycles. The molecule has 0 unspecified atom stereocenters. The first kappa shape index (κ1) is 14.4. The van der Waals surface area contributed by atoms with E-state index in [0.29, 0.717) is 6.54 Å². The molecule has 100 valence electrons. The van der Waals surface area contributed by atoms with Gasteiger partial charge in [-0.25, -0.2) is 4.79 Å². The average Bonchev–Trinajstić information content (AvgIpc) is 2.26. The third-order valence-electron chi connectivity index (χ3n) is 2.74. The Balaban J connectivity index is 3.17. The highest BCUT2D eigenvalue weighted by molar-refractivity contribution is 5.83. The molecule has 1 aromatic heterocycles. The van der Waals surface area contributed by atoms with Gasteiger partial charge < -0.3 is 4.57 Å². The summed E-state index contributed by atoms with van der Waals surface area (Å²) in [5.74, 6) is -0.129. The first-order valence-corrected chi connectivity index (χ1v) is 6.11. The normalized spacial score (nSPS) is 11.6. The van der Waals surface area contributed by atoms with Gasteiger partial charge in [-0.15, -0.1) is 0 Å². The van der Waals surface area contributed by atoms with Crippen molar-refractivity contribution < 1.29 is 4.79 Å². The first-order chi connectivity index (χ1) is 8.27. The molecule has 0 aliphatic rings. The minimum Gasteiger partial charge on any atom is -0.300 e. The van der Waals surface area contributed by atoms with Crippen LogP contribution in [0.2, 0.25) is 0 Å². The number of ketones is 1. The third kappa shape index (κ3) is 3.18. The Morgan fingerprint density at radius 1 is 1.28 bits per heavy atom. The zero-order valence-electron chi connectivity index (χ0n) is 11.4. The highest BCUT2D eigenvalue weighted by Crippen LogP contribution is 2.14. The second-order valence-electron chi connectivity index (χ2n) is 5.39. The molecular formula is C13H20N2O3. The summed E-state index contributed by atoms with van der Waals surface area (Å²) in [6.07, 6.45) is 2.28. The maximum atomic E-state index is 12.0. The predicted octanol–water partition coefficient (Wildman–Crippen LogP) is 1.04. The molecule has 18 heavy (non-hydrogen) atoms. The monoisotopic (exact) mass is 252 g/mol. The van der Waals surface area contributed by atoms with Crippen LogP contribution in [-0.2, 0) is 17.9 Å². The smallest absolute Gasteiger partial charge is 0.300 e. The highest BCUT2D eigenvalue weighted by atomic mass is 16.2.